The lowest BCUT2D eigenvalue weighted by Crippen LogP contribution is -2.54. The van der Waals surface area contributed by atoms with Crippen molar-refractivity contribution in [3.8, 4) is 0 Å². The summed E-state index contributed by atoms with van der Waals surface area (Å²) >= 11 is 0. The van der Waals surface area contributed by atoms with Crippen molar-refractivity contribution in [3.05, 3.63) is 82.8 Å². The van der Waals surface area contributed by atoms with E-state index in [1.165, 1.54) is 6.07 Å². The summed E-state index contributed by atoms with van der Waals surface area (Å²) in [5, 5.41) is 24.6. The first-order valence-corrected chi connectivity index (χ1v) is 18.9. The molecule has 2 aromatic carbocycles. The van der Waals surface area contributed by atoms with Gasteiger partial charge in [-0.15, -0.1) is 0 Å². The van der Waals surface area contributed by atoms with Crippen LogP contribution in [-0.4, -0.2) is 91.9 Å². The van der Waals surface area contributed by atoms with Crippen molar-refractivity contribution in [2.75, 3.05) is 37.3 Å². The Morgan fingerprint density at radius 2 is 1.72 bits per heavy atom. The minimum absolute atomic E-state index is 0.0504. The zero-order chi connectivity index (χ0) is 40.8. The Balaban J connectivity index is 0.939. The summed E-state index contributed by atoms with van der Waals surface area (Å²) in [7, 11) is 2.03. The number of imide groups is 2. The Morgan fingerprint density at radius 3 is 2.42 bits per heavy atom. The number of piperidine rings is 1. The van der Waals surface area contributed by atoms with Gasteiger partial charge in [0, 0.05) is 54.6 Å². The van der Waals surface area contributed by atoms with Crippen molar-refractivity contribution in [1.82, 2.24) is 29.9 Å². The number of likely N-dealkylation sites (N-methyl/N-ethyl adjacent to an activating group) is 1. The fourth-order valence-electron chi connectivity index (χ4n) is 7.96. The molecule has 1 aliphatic carbocycles. The minimum Gasteiger partial charge on any atom is -0.386 e. The van der Waals surface area contributed by atoms with Crippen LogP contribution in [-0.2, 0) is 21.4 Å². The van der Waals surface area contributed by atoms with Crippen LogP contribution in [0.15, 0.2) is 54.7 Å². The summed E-state index contributed by atoms with van der Waals surface area (Å²) in [6, 6.07) is 10.5. The number of nitrogens with zero attached hydrogens (tertiary/aromatic N) is 5. The molecule has 2 aliphatic heterocycles. The van der Waals surface area contributed by atoms with Gasteiger partial charge in [-0.3, -0.25) is 38.9 Å². The van der Waals surface area contributed by atoms with Gasteiger partial charge in [-0.05, 0) is 95.3 Å². The molecule has 4 aromatic rings. The van der Waals surface area contributed by atoms with Crippen molar-refractivity contribution in [1.29, 1.82) is 0 Å². The third-order valence-electron chi connectivity index (χ3n) is 10.9. The molecule has 3 aliphatic rings. The molecule has 0 spiro atoms. The Kier molecular flexibility index (Phi) is 10.6. The summed E-state index contributed by atoms with van der Waals surface area (Å²) in [4.78, 5) is 70.4. The van der Waals surface area contributed by atoms with E-state index in [1.54, 1.807) is 44.2 Å². The lowest BCUT2D eigenvalue weighted by molar-refractivity contribution is -0.141. The molecular weight excluding hydrogens is 745 g/mol. The van der Waals surface area contributed by atoms with E-state index in [0.29, 0.717) is 41.2 Å². The number of hydrogen-bond donors (Lipinski definition) is 4. The Bertz CT molecular complexity index is 2260. The SMILES string of the molecule is CN(CCNc1cccc2c1C(=O)N(C1CCC(=O)NC1=O)C2=O)C[C@H]1CC[C@H](n2cc3cc(NC(=O)c4cccc(C(F)(F)F)n4)c(C(C)(C)O)cc3n2)CC1. The van der Waals surface area contributed by atoms with E-state index in [0.717, 1.165) is 49.3 Å². The molecule has 0 radical (unpaired) electrons. The number of hydrogen-bond acceptors (Lipinski definition) is 10. The Morgan fingerprint density at radius 1 is 0.982 bits per heavy atom. The molecule has 2 fully saturated rings. The number of nitrogens with one attached hydrogen (secondary N) is 3. The quantitative estimate of drug-likeness (QED) is 0.149. The number of aliphatic hydroxyl groups is 1. The van der Waals surface area contributed by atoms with Gasteiger partial charge < -0.3 is 20.6 Å². The molecule has 1 atom stereocenters. The molecule has 4 heterocycles. The van der Waals surface area contributed by atoms with Crippen molar-refractivity contribution in [2.45, 2.75) is 76.2 Å². The number of carbonyl (C=O) groups excluding carboxylic acids is 5. The highest BCUT2D eigenvalue weighted by Gasteiger charge is 2.45. The van der Waals surface area contributed by atoms with Gasteiger partial charge in [-0.1, -0.05) is 12.1 Å². The Labute approximate surface area is 325 Å². The average Bonchev–Trinajstić information content (AvgIpc) is 3.68. The van der Waals surface area contributed by atoms with Gasteiger partial charge in [0.05, 0.1) is 28.3 Å². The highest BCUT2D eigenvalue weighted by Crippen LogP contribution is 2.37. The molecule has 1 saturated carbocycles. The molecule has 1 unspecified atom stereocenters. The maximum absolute atomic E-state index is 13.4. The second kappa shape index (κ2) is 15.3. The van der Waals surface area contributed by atoms with E-state index in [-0.39, 0.29) is 35.7 Å². The molecule has 0 bridgehead atoms. The number of anilines is 2. The van der Waals surface area contributed by atoms with Gasteiger partial charge in [-0.2, -0.15) is 18.3 Å². The molecule has 57 heavy (non-hydrogen) atoms. The number of alkyl halides is 3. The van der Waals surface area contributed by atoms with Gasteiger partial charge in [0.25, 0.3) is 17.7 Å². The highest BCUT2D eigenvalue weighted by molar-refractivity contribution is 6.25. The van der Waals surface area contributed by atoms with Crippen LogP contribution >= 0.6 is 0 Å². The third-order valence-corrected chi connectivity index (χ3v) is 10.9. The number of pyridine rings is 1. The first kappa shape index (κ1) is 39.6. The van der Waals surface area contributed by atoms with Crippen LogP contribution in [0.1, 0.15) is 101 Å². The molecular formula is C40H43F3N8O6. The number of fused-ring (bicyclic) bond motifs is 2. The van der Waals surface area contributed by atoms with Crippen LogP contribution in [0.5, 0.6) is 0 Å². The zero-order valence-corrected chi connectivity index (χ0v) is 31.7. The molecule has 17 heteroatoms. The monoisotopic (exact) mass is 788 g/mol. The second-order valence-corrected chi connectivity index (χ2v) is 15.5. The van der Waals surface area contributed by atoms with E-state index >= 15 is 0 Å². The number of rotatable bonds is 11. The predicted octanol–water partition coefficient (Wildman–Crippen LogP) is 5.11. The second-order valence-electron chi connectivity index (χ2n) is 15.5. The topological polar surface area (TPSA) is 179 Å². The minimum atomic E-state index is -4.71. The van der Waals surface area contributed by atoms with Crippen LogP contribution in [0.2, 0.25) is 0 Å². The number of amides is 5. The van der Waals surface area contributed by atoms with E-state index < -0.39 is 58.7 Å². The summed E-state index contributed by atoms with van der Waals surface area (Å²) in [6.07, 6.45) is 0.983. The number of halogens is 3. The van der Waals surface area contributed by atoms with E-state index in [2.05, 4.69) is 25.8 Å². The number of carbonyl (C=O) groups is 5. The van der Waals surface area contributed by atoms with Gasteiger partial charge in [0.2, 0.25) is 11.8 Å². The molecule has 1 saturated heterocycles. The maximum Gasteiger partial charge on any atom is 0.433 e. The summed E-state index contributed by atoms with van der Waals surface area (Å²) in [5.74, 6) is -2.59. The van der Waals surface area contributed by atoms with Gasteiger partial charge >= 0.3 is 6.18 Å². The van der Waals surface area contributed by atoms with Crippen LogP contribution in [0.25, 0.3) is 10.9 Å². The van der Waals surface area contributed by atoms with Crippen molar-refractivity contribution < 1.29 is 42.3 Å². The predicted molar refractivity (Wildman–Crippen MR) is 202 cm³/mol. The first-order valence-electron chi connectivity index (χ1n) is 18.9. The summed E-state index contributed by atoms with van der Waals surface area (Å²) in [6.45, 7) is 5.12. The molecule has 7 rings (SSSR count). The summed E-state index contributed by atoms with van der Waals surface area (Å²) in [5.41, 5.74) is -0.829. The molecule has 5 amide bonds. The molecule has 14 nitrogen and oxygen atoms in total. The maximum atomic E-state index is 13.4. The largest absolute Gasteiger partial charge is 0.433 e. The first-order chi connectivity index (χ1) is 27.0. The van der Waals surface area contributed by atoms with Crippen molar-refractivity contribution in [2.24, 2.45) is 5.92 Å². The fraction of sp³-hybridized carbons (Fsp3) is 0.425. The van der Waals surface area contributed by atoms with Crippen molar-refractivity contribution in [3.63, 3.8) is 0 Å². The number of benzene rings is 2. The van der Waals surface area contributed by atoms with Gasteiger partial charge in [0.1, 0.15) is 17.4 Å². The Hall–Kier alpha value is -5.68. The van der Waals surface area contributed by atoms with Crippen LogP contribution in [0, 0.1) is 5.92 Å². The molecule has 2 aromatic heterocycles. The highest BCUT2D eigenvalue weighted by atomic mass is 19.4. The van der Waals surface area contributed by atoms with Crippen LogP contribution < -0.4 is 16.0 Å². The lowest BCUT2D eigenvalue weighted by Gasteiger charge is -2.31. The van der Waals surface area contributed by atoms with E-state index in [1.807, 2.05) is 17.9 Å². The normalized spacial score (nSPS) is 20.3. The van der Waals surface area contributed by atoms with E-state index in [4.69, 9.17) is 5.10 Å². The van der Waals surface area contributed by atoms with Crippen LogP contribution in [0.3, 0.4) is 0 Å². The lowest BCUT2D eigenvalue weighted by atomic mass is 9.86. The number of aromatic nitrogens is 3. The average molecular weight is 789 g/mol. The zero-order valence-electron chi connectivity index (χ0n) is 31.7. The van der Waals surface area contributed by atoms with Crippen LogP contribution in [0.4, 0.5) is 24.5 Å². The summed E-state index contributed by atoms with van der Waals surface area (Å²) < 4.78 is 41.6. The molecule has 300 valence electrons. The molecule has 4 N–H and O–H groups in total. The smallest absolute Gasteiger partial charge is 0.386 e. The third kappa shape index (κ3) is 8.25. The van der Waals surface area contributed by atoms with Gasteiger partial charge in [-0.25, -0.2) is 4.98 Å². The standard InChI is InChI=1S/C40H43F3N8O6/c1-39(2,57)26-19-29-23(18-30(26)46-35(53)28-8-5-9-32(45-28)40(41,42)43)21-50(48-29)24-12-10-22(11-13-24)20-49(3)17-16-44-27-7-4-6-25-34(27)38(56)51(37(25)55)31-14-15-33(52)47-36(31)54/h4-9,18-19,21-22,24,31,44,57H,10-17,20H2,1-3H3,(H,46,53)(H,47,52,54)/t22-,24-,31?. The van der Waals surface area contributed by atoms with Crippen molar-refractivity contribution >= 4 is 51.8 Å². The van der Waals surface area contributed by atoms with E-state index in [9.17, 15) is 42.3 Å². The van der Waals surface area contributed by atoms with Gasteiger partial charge in [0.15, 0.2) is 0 Å². The fourth-order valence-corrected chi connectivity index (χ4v) is 7.96.